The van der Waals surface area contributed by atoms with Crippen LogP contribution in [0.3, 0.4) is 0 Å². The lowest BCUT2D eigenvalue weighted by Crippen LogP contribution is -2.47. The number of sulfonamides is 1. The van der Waals surface area contributed by atoms with Crippen molar-refractivity contribution in [2.24, 2.45) is 0 Å². The lowest BCUT2D eigenvalue weighted by molar-refractivity contribution is -0.122. The van der Waals surface area contributed by atoms with E-state index in [0.29, 0.717) is 10.0 Å². The van der Waals surface area contributed by atoms with Crippen molar-refractivity contribution in [1.82, 2.24) is 5.32 Å². The topological polar surface area (TPSA) is 66.5 Å². The number of hydrogen-bond acceptors (Lipinski definition) is 3. The zero-order valence-corrected chi connectivity index (χ0v) is 17.1. The molecule has 0 unspecified atom stereocenters. The molecule has 140 valence electrons. The Bertz CT molecular complexity index is 919. The molecule has 0 bridgehead atoms. The molecule has 1 N–H and O–H groups in total. The second-order valence-corrected chi connectivity index (χ2v) is 8.72. The van der Waals surface area contributed by atoms with Gasteiger partial charge in [0, 0.05) is 11.6 Å². The van der Waals surface area contributed by atoms with Gasteiger partial charge in [0.25, 0.3) is 0 Å². The molecule has 0 radical (unpaired) electrons. The van der Waals surface area contributed by atoms with Gasteiger partial charge in [0.15, 0.2) is 0 Å². The molecule has 0 fully saturated rings. The van der Waals surface area contributed by atoms with E-state index in [2.05, 4.69) is 5.32 Å². The summed E-state index contributed by atoms with van der Waals surface area (Å²) in [6, 6.07) is 10.5. The van der Waals surface area contributed by atoms with Gasteiger partial charge in [-0.05, 0) is 36.8 Å². The van der Waals surface area contributed by atoms with Crippen molar-refractivity contribution in [3.8, 4) is 0 Å². The van der Waals surface area contributed by atoms with Crippen molar-refractivity contribution in [3.05, 3.63) is 63.1 Å². The van der Waals surface area contributed by atoms with Crippen molar-refractivity contribution in [2.75, 3.05) is 10.6 Å². The molecule has 2 aromatic rings. The first-order valence-electron chi connectivity index (χ1n) is 7.57. The van der Waals surface area contributed by atoms with E-state index in [1.54, 1.807) is 24.3 Å². The molecule has 2 aromatic carbocycles. The van der Waals surface area contributed by atoms with Gasteiger partial charge in [-0.15, -0.1) is 0 Å². The number of halogens is 3. The van der Waals surface area contributed by atoms with Crippen LogP contribution in [0.5, 0.6) is 0 Å². The van der Waals surface area contributed by atoms with E-state index in [-0.39, 0.29) is 17.3 Å². The number of anilines is 1. The van der Waals surface area contributed by atoms with E-state index in [1.165, 1.54) is 25.1 Å². The summed E-state index contributed by atoms with van der Waals surface area (Å²) in [5.41, 5.74) is 0.984. The number of nitrogens with zero attached hydrogens (tertiary/aromatic N) is 1. The molecule has 5 nitrogen and oxygen atoms in total. The largest absolute Gasteiger partial charge is 0.350 e. The van der Waals surface area contributed by atoms with Crippen LogP contribution in [-0.4, -0.2) is 26.6 Å². The molecule has 1 atom stereocenters. The van der Waals surface area contributed by atoms with Gasteiger partial charge in [-0.2, -0.15) is 0 Å². The highest BCUT2D eigenvalue weighted by atomic mass is 35.5. The van der Waals surface area contributed by atoms with Crippen LogP contribution >= 0.6 is 34.8 Å². The van der Waals surface area contributed by atoms with E-state index in [9.17, 15) is 13.2 Å². The molecule has 0 aromatic heterocycles. The summed E-state index contributed by atoms with van der Waals surface area (Å²) in [5, 5.41) is 3.70. The Kier molecular flexibility index (Phi) is 6.80. The van der Waals surface area contributed by atoms with E-state index in [1.807, 2.05) is 0 Å². The molecule has 0 aliphatic heterocycles. The summed E-state index contributed by atoms with van der Waals surface area (Å²) in [6.45, 7) is 1.67. The number of benzene rings is 2. The van der Waals surface area contributed by atoms with Crippen LogP contribution in [0.1, 0.15) is 12.5 Å². The van der Waals surface area contributed by atoms with E-state index in [4.69, 9.17) is 34.8 Å². The first-order valence-corrected chi connectivity index (χ1v) is 10.5. The molecular formula is C17H17Cl3N2O3S. The molecule has 2 rings (SSSR count). The molecule has 1 amide bonds. The average molecular weight is 436 g/mol. The van der Waals surface area contributed by atoms with Crippen molar-refractivity contribution in [1.29, 1.82) is 0 Å². The fourth-order valence-electron chi connectivity index (χ4n) is 2.40. The van der Waals surface area contributed by atoms with Crippen LogP contribution in [0.4, 0.5) is 5.69 Å². The maximum atomic E-state index is 12.5. The quantitative estimate of drug-likeness (QED) is 0.742. The third-order valence-corrected chi connectivity index (χ3v) is 6.01. The summed E-state index contributed by atoms with van der Waals surface area (Å²) in [5.74, 6) is -0.471. The predicted molar refractivity (Wildman–Crippen MR) is 107 cm³/mol. The Morgan fingerprint density at radius 2 is 1.73 bits per heavy atom. The molecule has 0 saturated heterocycles. The van der Waals surface area contributed by atoms with E-state index < -0.39 is 22.0 Å². The minimum atomic E-state index is -3.74. The Labute approximate surface area is 167 Å². The zero-order valence-electron chi connectivity index (χ0n) is 14.0. The van der Waals surface area contributed by atoms with Crippen LogP contribution in [0.15, 0.2) is 42.5 Å². The predicted octanol–water partition coefficient (Wildman–Crippen LogP) is 4.12. The molecule has 0 aliphatic rings. The minimum absolute atomic E-state index is 0.182. The normalized spacial score (nSPS) is 12.5. The summed E-state index contributed by atoms with van der Waals surface area (Å²) in [7, 11) is -3.74. The average Bonchev–Trinajstić information content (AvgIpc) is 2.56. The highest BCUT2D eigenvalue weighted by Gasteiger charge is 2.29. The Morgan fingerprint density at radius 3 is 2.31 bits per heavy atom. The SMILES string of the molecule is C[C@H](C(=O)NCc1ccccc1Cl)N(c1ccc(Cl)c(Cl)c1)S(C)(=O)=O. The van der Waals surface area contributed by atoms with Crippen LogP contribution in [0.2, 0.25) is 15.1 Å². The summed E-state index contributed by atoms with van der Waals surface area (Å²) in [4.78, 5) is 12.5. The lowest BCUT2D eigenvalue weighted by atomic mass is 10.2. The van der Waals surface area contributed by atoms with Gasteiger partial charge in [0.05, 0.1) is 22.0 Å². The maximum absolute atomic E-state index is 12.5. The molecule has 0 aliphatic carbocycles. The van der Waals surface area contributed by atoms with Gasteiger partial charge in [0.2, 0.25) is 15.9 Å². The van der Waals surface area contributed by atoms with Crippen molar-refractivity contribution in [2.45, 2.75) is 19.5 Å². The molecule has 0 heterocycles. The van der Waals surface area contributed by atoms with Gasteiger partial charge in [-0.1, -0.05) is 53.0 Å². The summed E-state index contributed by atoms with van der Waals surface area (Å²) in [6.07, 6.45) is 1.02. The monoisotopic (exact) mass is 434 g/mol. The first kappa shape index (κ1) is 20.8. The molecule has 26 heavy (non-hydrogen) atoms. The van der Waals surface area contributed by atoms with Crippen LogP contribution in [-0.2, 0) is 21.4 Å². The highest BCUT2D eigenvalue weighted by molar-refractivity contribution is 7.92. The van der Waals surface area contributed by atoms with Crippen LogP contribution in [0.25, 0.3) is 0 Å². The Balaban J connectivity index is 2.23. The molecule has 0 spiro atoms. The van der Waals surface area contributed by atoms with E-state index >= 15 is 0 Å². The lowest BCUT2D eigenvalue weighted by Gasteiger charge is -2.28. The summed E-state index contributed by atoms with van der Waals surface area (Å²) >= 11 is 17.9. The number of nitrogens with one attached hydrogen (secondary N) is 1. The fourth-order valence-corrected chi connectivity index (χ4v) is 4.06. The number of carbonyl (C=O) groups excluding carboxylic acids is 1. The second-order valence-electron chi connectivity index (χ2n) is 5.64. The molecule has 9 heteroatoms. The summed E-state index contributed by atoms with van der Waals surface area (Å²) < 4.78 is 25.5. The van der Waals surface area contributed by atoms with Gasteiger partial charge in [-0.3, -0.25) is 9.10 Å². The Hall–Kier alpha value is -1.47. The van der Waals surface area contributed by atoms with Gasteiger partial charge >= 0.3 is 0 Å². The highest BCUT2D eigenvalue weighted by Crippen LogP contribution is 2.29. The Morgan fingerprint density at radius 1 is 1.08 bits per heavy atom. The molecule has 0 saturated carbocycles. The van der Waals surface area contributed by atoms with Gasteiger partial charge < -0.3 is 5.32 Å². The van der Waals surface area contributed by atoms with Gasteiger partial charge in [0.1, 0.15) is 6.04 Å². The standard InChI is InChI=1S/C17H17Cl3N2O3S/c1-11(17(23)21-10-12-5-3-4-6-14(12)18)22(26(2,24)25)13-7-8-15(19)16(20)9-13/h3-9,11H,10H2,1-2H3,(H,21,23)/t11-/m1/s1. The fraction of sp³-hybridized carbons (Fsp3) is 0.235. The first-order chi connectivity index (χ1) is 12.1. The third kappa shape index (κ3) is 5.04. The molecular weight excluding hydrogens is 419 g/mol. The maximum Gasteiger partial charge on any atom is 0.243 e. The van der Waals surface area contributed by atoms with Crippen molar-refractivity contribution >= 4 is 56.4 Å². The minimum Gasteiger partial charge on any atom is -0.350 e. The second kappa shape index (κ2) is 8.48. The third-order valence-electron chi connectivity index (χ3n) is 3.66. The number of rotatable bonds is 6. The van der Waals surface area contributed by atoms with E-state index in [0.717, 1.165) is 16.1 Å². The number of amides is 1. The van der Waals surface area contributed by atoms with Crippen molar-refractivity contribution < 1.29 is 13.2 Å². The van der Waals surface area contributed by atoms with Crippen LogP contribution in [0, 0.1) is 0 Å². The van der Waals surface area contributed by atoms with Crippen LogP contribution < -0.4 is 9.62 Å². The number of carbonyl (C=O) groups is 1. The smallest absolute Gasteiger partial charge is 0.243 e. The van der Waals surface area contributed by atoms with Gasteiger partial charge in [-0.25, -0.2) is 8.42 Å². The van der Waals surface area contributed by atoms with Crippen molar-refractivity contribution in [3.63, 3.8) is 0 Å². The number of hydrogen-bond donors (Lipinski definition) is 1. The zero-order chi connectivity index (χ0) is 19.5.